The molecule has 0 radical (unpaired) electrons. The van der Waals surface area contributed by atoms with Gasteiger partial charge in [-0.25, -0.2) is 9.78 Å². The average molecular weight is 947 g/mol. The summed E-state index contributed by atoms with van der Waals surface area (Å²) in [6.07, 6.45) is 5.67. The topological polar surface area (TPSA) is 124 Å². The van der Waals surface area contributed by atoms with E-state index in [4.69, 9.17) is 88.6 Å². The maximum absolute atomic E-state index is 15.4. The molecule has 2 atom stereocenters. The van der Waals surface area contributed by atoms with Gasteiger partial charge in [0.05, 0.1) is 27.2 Å². The zero-order chi connectivity index (χ0) is 43.5. The second-order valence-electron chi connectivity index (χ2n) is 15.6. The Hall–Kier alpha value is -3.23. The van der Waals surface area contributed by atoms with Crippen molar-refractivity contribution in [3.8, 4) is 11.6 Å². The number of nitrogens with zero attached hydrogens (tertiary/aromatic N) is 5. The fraction of sp³-hybridized carbons (Fsp3) is 0.500. The largest absolute Gasteiger partial charge is 0.487 e. The Labute approximate surface area is 380 Å². The summed E-state index contributed by atoms with van der Waals surface area (Å²) in [5.74, 6) is 0.189. The van der Waals surface area contributed by atoms with Crippen LogP contribution in [0.5, 0.6) is 11.6 Å². The number of benzene rings is 1. The number of pyridine rings is 2. The van der Waals surface area contributed by atoms with E-state index in [9.17, 15) is 9.59 Å². The highest BCUT2D eigenvalue weighted by Crippen LogP contribution is 2.45. The first kappa shape index (κ1) is 46.3. The van der Waals surface area contributed by atoms with Crippen molar-refractivity contribution in [3.63, 3.8) is 0 Å². The summed E-state index contributed by atoms with van der Waals surface area (Å²) in [4.78, 5) is 56.6. The Balaban J connectivity index is 1.35. The number of carbonyl (C=O) groups excluding carboxylic acids is 3. The third-order valence-electron chi connectivity index (χ3n) is 10.7. The van der Waals surface area contributed by atoms with Crippen LogP contribution in [0.15, 0.2) is 48.3 Å². The molecule has 2 aromatic heterocycles. The van der Waals surface area contributed by atoms with Crippen molar-refractivity contribution in [3.05, 3.63) is 85.8 Å². The first-order chi connectivity index (χ1) is 28.4. The lowest BCUT2D eigenvalue weighted by Crippen LogP contribution is -2.66. The molecule has 6 rings (SSSR count). The van der Waals surface area contributed by atoms with Crippen LogP contribution in [0, 0.1) is 6.92 Å². The van der Waals surface area contributed by atoms with Gasteiger partial charge in [0.25, 0.3) is 5.91 Å². The standard InChI is InChI=1S/C42H47Cl6N5O7/c1-24-15-32(43)38(33(44)16-24)59-14-13-58-36-11-8-26(19-50-36)31-18-30-22-51(25(2)54)23-35(53(30)40(56)60-41(3,4)42(46,47)48)37(31)39(55)52(29-9-10-29)21-27-17-28(7-6-12-57-5)49-20-34(27)45/h8,11,15-17,19-20,29-30,35H,6-7,9-10,12-14,18,21-23H2,1-5H3. The van der Waals surface area contributed by atoms with Gasteiger partial charge in [0.1, 0.15) is 13.2 Å². The zero-order valence-electron chi connectivity index (χ0n) is 33.9. The predicted octanol–water partition coefficient (Wildman–Crippen LogP) is 9.32. The van der Waals surface area contributed by atoms with E-state index >= 15 is 4.79 Å². The van der Waals surface area contributed by atoms with Gasteiger partial charge in [0.15, 0.2) is 11.4 Å². The van der Waals surface area contributed by atoms with Crippen molar-refractivity contribution in [2.24, 2.45) is 0 Å². The van der Waals surface area contributed by atoms with Gasteiger partial charge in [-0.05, 0) is 99.4 Å². The van der Waals surface area contributed by atoms with Gasteiger partial charge in [-0.1, -0.05) is 69.6 Å². The first-order valence-electron chi connectivity index (χ1n) is 19.6. The van der Waals surface area contributed by atoms with E-state index in [0.29, 0.717) is 56.4 Å². The molecular weight excluding hydrogens is 899 g/mol. The lowest BCUT2D eigenvalue weighted by atomic mass is 9.81. The molecule has 1 saturated heterocycles. The molecule has 0 spiro atoms. The molecule has 12 nitrogen and oxygen atoms in total. The van der Waals surface area contributed by atoms with Crippen LogP contribution < -0.4 is 9.47 Å². The smallest absolute Gasteiger partial charge is 0.411 e. The molecule has 18 heteroatoms. The molecule has 324 valence electrons. The number of carbonyl (C=O) groups is 3. The Morgan fingerprint density at radius 1 is 0.917 bits per heavy atom. The SMILES string of the molecule is COCCCc1cc(CN(C(=O)C2=C(c3ccc(OCCOc4c(Cl)cc(C)cc4Cl)nc3)CC3CN(C(C)=O)CC2N3C(=O)OC(C)(C)C(Cl)(Cl)Cl)C2CC2)c(Cl)cn1. The van der Waals surface area contributed by atoms with Crippen molar-refractivity contribution in [2.45, 2.75) is 93.9 Å². The van der Waals surface area contributed by atoms with Gasteiger partial charge < -0.3 is 28.7 Å². The highest BCUT2D eigenvalue weighted by Gasteiger charge is 2.52. The number of amides is 3. The van der Waals surface area contributed by atoms with Gasteiger partial charge in [-0.15, -0.1) is 0 Å². The van der Waals surface area contributed by atoms with Crippen molar-refractivity contribution in [1.82, 2.24) is 24.7 Å². The second-order valence-corrected chi connectivity index (χ2v) is 19.1. The van der Waals surface area contributed by atoms with E-state index < -0.39 is 27.6 Å². The number of aromatic nitrogens is 2. The molecule has 1 aliphatic carbocycles. The molecule has 3 amide bonds. The molecule has 2 unspecified atom stereocenters. The molecule has 4 heterocycles. The van der Waals surface area contributed by atoms with Crippen LogP contribution in [0.2, 0.25) is 15.1 Å². The van der Waals surface area contributed by atoms with Crippen LogP contribution in [-0.2, 0) is 32.0 Å². The minimum atomic E-state index is -1.96. The monoisotopic (exact) mass is 943 g/mol. The summed E-state index contributed by atoms with van der Waals surface area (Å²) < 4.78 is 20.9. The second kappa shape index (κ2) is 19.4. The summed E-state index contributed by atoms with van der Waals surface area (Å²) in [6.45, 7) is 7.64. The van der Waals surface area contributed by atoms with Gasteiger partial charge in [-0.2, -0.15) is 0 Å². The molecule has 3 aromatic rings. The molecule has 0 N–H and O–H groups in total. The molecule has 60 heavy (non-hydrogen) atoms. The molecule has 1 saturated carbocycles. The molecule has 3 aliphatic rings. The van der Waals surface area contributed by atoms with Gasteiger partial charge >= 0.3 is 6.09 Å². The number of hydrogen-bond acceptors (Lipinski definition) is 9. The summed E-state index contributed by atoms with van der Waals surface area (Å²) >= 11 is 38.1. The lowest BCUT2D eigenvalue weighted by Gasteiger charge is -2.51. The fourth-order valence-corrected chi connectivity index (χ4v) is 8.33. The summed E-state index contributed by atoms with van der Waals surface area (Å²) in [6, 6.07) is 7.39. The summed E-state index contributed by atoms with van der Waals surface area (Å²) in [5.41, 5.74) is 2.60. The lowest BCUT2D eigenvalue weighted by molar-refractivity contribution is -0.136. The Kier molecular flexibility index (Phi) is 15.0. The van der Waals surface area contributed by atoms with Crippen molar-refractivity contribution >= 4 is 93.1 Å². The third kappa shape index (κ3) is 10.9. The molecule has 2 bridgehead atoms. The summed E-state index contributed by atoms with van der Waals surface area (Å²) in [5, 5.41) is 1.23. The zero-order valence-corrected chi connectivity index (χ0v) is 38.4. The normalized spacial score (nSPS) is 18.1. The van der Waals surface area contributed by atoms with E-state index in [0.717, 1.165) is 36.1 Å². The molecular formula is C42H47Cl6N5O7. The number of rotatable bonds is 15. The van der Waals surface area contributed by atoms with Crippen LogP contribution in [0.25, 0.3) is 5.57 Å². The molecule has 1 aromatic carbocycles. The van der Waals surface area contributed by atoms with Crippen LogP contribution >= 0.6 is 69.6 Å². The first-order valence-corrected chi connectivity index (χ1v) is 21.8. The van der Waals surface area contributed by atoms with Crippen LogP contribution in [0.4, 0.5) is 4.79 Å². The van der Waals surface area contributed by atoms with Crippen LogP contribution in [-0.4, -0.2) is 110 Å². The van der Waals surface area contributed by atoms with Crippen molar-refractivity contribution in [1.29, 1.82) is 0 Å². The van der Waals surface area contributed by atoms with E-state index in [-0.39, 0.29) is 57.1 Å². The maximum Gasteiger partial charge on any atom is 0.411 e. The highest BCUT2D eigenvalue weighted by atomic mass is 35.6. The van der Waals surface area contributed by atoms with Crippen molar-refractivity contribution in [2.75, 3.05) is 40.0 Å². The molecule has 2 aliphatic heterocycles. The van der Waals surface area contributed by atoms with E-state index in [1.807, 2.05) is 19.1 Å². The van der Waals surface area contributed by atoms with Crippen LogP contribution in [0.1, 0.15) is 68.8 Å². The van der Waals surface area contributed by atoms with E-state index in [2.05, 4.69) is 9.97 Å². The Morgan fingerprint density at radius 3 is 2.23 bits per heavy atom. The van der Waals surface area contributed by atoms with Gasteiger partial charge in [0, 0.05) is 76.0 Å². The number of aryl methyl sites for hydroxylation is 2. The fourth-order valence-electron chi connectivity index (χ4n) is 7.35. The Bertz CT molecular complexity index is 2090. The van der Waals surface area contributed by atoms with Gasteiger partial charge in [-0.3, -0.25) is 19.5 Å². The number of ether oxygens (including phenoxy) is 4. The highest BCUT2D eigenvalue weighted by molar-refractivity contribution is 6.68. The third-order valence-corrected chi connectivity index (χ3v) is 13.0. The molecule has 2 fully saturated rings. The Morgan fingerprint density at radius 2 is 1.62 bits per heavy atom. The summed E-state index contributed by atoms with van der Waals surface area (Å²) in [7, 11) is 1.65. The maximum atomic E-state index is 15.4. The van der Waals surface area contributed by atoms with E-state index in [1.54, 1.807) is 47.5 Å². The predicted molar refractivity (Wildman–Crippen MR) is 233 cm³/mol. The minimum Gasteiger partial charge on any atom is -0.487 e. The number of methoxy groups -OCH3 is 1. The van der Waals surface area contributed by atoms with Gasteiger partial charge in [0.2, 0.25) is 15.6 Å². The number of fused-ring (bicyclic) bond motifs is 2. The number of piperazine rings is 1. The van der Waals surface area contributed by atoms with Crippen molar-refractivity contribution < 1.29 is 33.3 Å². The number of alkyl halides is 3. The number of hydrogen-bond donors (Lipinski definition) is 0. The average Bonchev–Trinajstić information content (AvgIpc) is 4.02. The van der Waals surface area contributed by atoms with E-state index in [1.165, 1.54) is 25.7 Å². The van der Waals surface area contributed by atoms with Crippen LogP contribution in [0.3, 0.4) is 0 Å². The number of halogens is 6. The quantitative estimate of drug-likeness (QED) is 0.108. The minimum absolute atomic E-state index is 0.0293.